The van der Waals surface area contributed by atoms with E-state index in [2.05, 4.69) is 15.9 Å². The van der Waals surface area contributed by atoms with Crippen LogP contribution in [0, 0.1) is 6.92 Å². The van der Waals surface area contributed by atoms with Gasteiger partial charge in [-0.15, -0.1) is 11.3 Å². The van der Waals surface area contributed by atoms with E-state index in [1.54, 1.807) is 0 Å². The molecule has 0 saturated carbocycles. The number of carbonyl (C=O) groups excluding carboxylic acids is 1. The van der Waals surface area contributed by atoms with Crippen LogP contribution in [0.5, 0.6) is 0 Å². The zero-order valence-electron chi connectivity index (χ0n) is 8.16. The molecule has 0 N–H and O–H groups in total. The van der Waals surface area contributed by atoms with E-state index in [4.69, 9.17) is 0 Å². The van der Waals surface area contributed by atoms with E-state index in [1.807, 2.05) is 42.6 Å². The Morgan fingerprint density at radius 2 is 1.93 bits per heavy atom. The molecule has 0 atom stereocenters. The maximum absolute atomic E-state index is 12.0. The normalized spacial score (nSPS) is 10.3. The SMILES string of the molecule is Cc1ccc(C(=O)c2cc(Br)cs2)cc1. The predicted molar refractivity (Wildman–Crippen MR) is 66.6 cm³/mol. The summed E-state index contributed by atoms with van der Waals surface area (Å²) in [5, 5.41) is 1.92. The van der Waals surface area contributed by atoms with Gasteiger partial charge < -0.3 is 0 Å². The van der Waals surface area contributed by atoms with Gasteiger partial charge in [-0.25, -0.2) is 0 Å². The number of carbonyl (C=O) groups is 1. The van der Waals surface area contributed by atoms with Crippen molar-refractivity contribution in [1.29, 1.82) is 0 Å². The molecule has 1 nitrogen and oxygen atoms in total. The first kappa shape index (κ1) is 10.6. The number of hydrogen-bond donors (Lipinski definition) is 0. The lowest BCUT2D eigenvalue weighted by molar-refractivity contribution is 0.104. The van der Waals surface area contributed by atoms with Gasteiger partial charge in [-0.2, -0.15) is 0 Å². The van der Waals surface area contributed by atoms with Crippen molar-refractivity contribution < 1.29 is 4.79 Å². The summed E-state index contributed by atoms with van der Waals surface area (Å²) in [5.41, 5.74) is 1.91. The van der Waals surface area contributed by atoms with Gasteiger partial charge in [0.05, 0.1) is 4.88 Å². The lowest BCUT2D eigenvalue weighted by Gasteiger charge is -1.98. The molecule has 2 aromatic rings. The Labute approximate surface area is 101 Å². The Balaban J connectivity index is 2.32. The van der Waals surface area contributed by atoms with Gasteiger partial charge in [-0.05, 0) is 28.9 Å². The third-order valence-corrected chi connectivity index (χ3v) is 3.79. The molecule has 0 aliphatic heterocycles. The molecule has 0 saturated heterocycles. The van der Waals surface area contributed by atoms with Gasteiger partial charge in [-0.1, -0.05) is 29.8 Å². The number of hydrogen-bond acceptors (Lipinski definition) is 2. The topological polar surface area (TPSA) is 17.1 Å². The number of rotatable bonds is 2. The second-order valence-corrected chi connectivity index (χ2v) is 5.15. The van der Waals surface area contributed by atoms with Crippen LogP contribution in [0.15, 0.2) is 40.2 Å². The lowest BCUT2D eigenvalue weighted by Crippen LogP contribution is -1.97. The highest BCUT2D eigenvalue weighted by molar-refractivity contribution is 9.10. The number of benzene rings is 1. The molecule has 0 aliphatic carbocycles. The fourth-order valence-electron chi connectivity index (χ4n) is 1.28. The number of ketones is 1. The molecule has 0 radical (unpaired) electrons. The molecular formula is C12H9BrOS. The van der Waals surface area contributed by atoms with Crippen LogP contribution in [0.25, 0.3) is 0 Å². The van der Waals surface area contributed by atoms with Crippen LogP contribution < -0.4 is 0 Å². The Morgan fingerprint density at radius 3 is 2.47 bits per heavy atom. The van der Waals surface area contributed by atoms with Crippen LogP contribution in [0.3, 0.4) is 0 Å². The lowest BCUT2D eigenvalue weighted by atomic mass is 10.1. The molecule has 0 unspecified atom stereocenters. The van der Waals surface area contributed by atoms with E-state index in [0.717, 1.165) is 14.9 Å². The summed E-state index contributed by atoms with van der Waals surface area (Å²) in [6, 6.07) is 9.50. The quantitative estimate of drug-likeness (QED) is 0.759. The summed E-state index contributed by atoms with van der Waals surface area (Å²) in [4.78, 5) is 12.7. The molecule has 0 amide bonds. The molecule has 0 aliphatic rings. The molecule has 76 valence electrons. The summed E-state index contributed by atoms with van der Waals surface area (Å²) in [7, 11) is 0. The largest absolute Gasteiger partial charge is 0.288 e. The van der Waals surface area contributed by atoms with Gasteiger partial charge in [0.1, 0.15) is 0 Å². The van der Waals surface area contributed by atoms with Gasteiger partial charge in [0, 0.05) is 15.4 Å². The molecule has 0 spiro atoms. The summed E-state index contributed by atoms with van der Waals surface area (Å²) in [6.45, 7) is 2.01. The van der Waals surface area contributed by atoms with Crippen molar-refractivity contribution in [3.05, 3.63) is 56.2 Å². The molecule has 1 aromatic carbocycles. The first-order valence-corrected chi connectivity index (χ1v) is 6.19. The molecular weight excluding hydrogens is 272 g/mol. The van der Waals surface area contributed by atoms with Crippen LogP contribution in [0.4, 0.5) is 0 Å². The molecule has 1 heterocycles. The third kappa shape index (κ3) is 2.36. The number of halogens is 1. The average molecular weight is 281 g/mol. The van der Waals surface area contributed by atoms with Gasteiger partial charge in [0.25, 0.3) is 0 Å². The minimum Gasteiger partial charge on any atom is -0.288 e. The highest BCUT2D eigenvalue weighted by Crippen LogP contribution is 2.22. The van der Waals surface area contributed by atoms with Crippen LogP contribution in [-0.4, -0.2) is 5.78 Å². The molecule has 3 heteroatoms. The first-order valence-electron chi connectivity index (χ1n) is 4.52. The fourth-order valence-corrected chi connectivity index (χ4v) is 2.67. The zero-order valence-corrected chi connectivity index (χ0v) is 10.6. The van der Waals surface area contributed by atoms with Crippen LogP contribution >= 0.6 is 27.3 Å². The fraction of sp³-hybridized carbons (Fsp3) is 0.0833. The molecule has 0 fully saturated rings. The number of thiophene rings is 1. The predicted octanol–water partition coefficient (Wildman–Crippen LogP) is 4.05. The average Bonchev–Trinajstić information content (AvgIpc) is 2.65. The van der Waals surface area contributed by atoms with Crippen molar-refractivity contribution in [1.82, 2.24) is 0 Å². The molecule has 15 heavy (non-hydrogen) atoms. The second kappa shape index (κ2) is 4.29. The molecule has 2 rings (SSSR count). The minimum absolute atomic E-state index is 0.0886. The summed E-state index contributed by atoms with van der Waals surface area (Å²) >= 11 is 4.80. The second-order valence-electron chi connectivity index (χ2n) is 3.32. The maximum Gasteiger partial charge on any atom is 0.202 e. The van der Waals surface area contributed by atoms with E-state index in [-0.39, 0.29) is 5.78 Å². The highest BCUT2D eigenvalue weighted by Gasteiger charge is 2.10. The van der Waals surface area contributed by atoms with Crippen molar-refractivity contribution in [3.8, 4) is 0 Å². The summed E-state index contributed by atoms with van der Waals surface area (Å²) < 4.78 is 0.961. The summed E-state index contributed by atoms with van der Waals surface area (Å²) in [5.74, 6) is 0.0886. The van der Waals surface area contributed by atoms with Crippen molar-refractivity contribution in [2.45, 2.75) is 6.92 Å². The standard InChI is InChI=1S/C12H9BrOS/c1-8-2-4-9(5-3-8)12(14)11-6-10(13)7-15-11/h2-7H,1H3. The van der Waals surface area contributed by atoms with E-state index in [0.29, 0.717) is 0 Å². The van der Waals surface area contributed by atoms with E-state index in [9.17, 15) is 4.79 Å². The Morgan fingerprint density at radius 1 is 1.27 bits per heavy atom. The Bertz CT molecular complexity index is 485. The van der Waals surface area contributed by atoms with E-state index < -0.39 is 0 Å². The summed E-state index contributed by atoms with van der Waals surface area (Å²) in [6.07, 6.45) is 0. The van der Waals surface area contributed by atoms with Crippen molar-refractivity contribution in [2.24, 2.45) is 0 Å². The van der Waals surface area contributed by atoms with Crippen LogP contribution in [0.2, 0.25) is 0 Å². The third-order valence-electron chi connectivity index (χ3n) is 2.11. The Kier molecular flexibility index (Phi) is 3.03. The highest BCUT2D eigenvalue weighted by atomic mass is 79.9. The van der Waals surface area contributed by atoms with Gasteiger partial charge >= 0.3 is 0 Å². The smallest absolute Gasteiger partial charge is 0.202 e. The zero-order chi connectivity index (χ0) is 10.8. The molecule has 1 aromatic heterocycles. The number of aryl methyl sites for hydroxylation is 1. The minimum atomic E-state index is 0.0886. The van der Waals surface area contributed by atoms with Crippen LogP contribution in [0.1, 0.15) is 20.8 Å². The molecule has 0 bridgehead atoms. The van der Waals surface area contributed by atoms with Crippen molar-refractivity contribution in [3.63, 3.8) is 0 Å². The maximum atomic E-state index is 12.0. The van der Waals surface area contributed by atoms with Crippen molar-refractivity contribution >= 4 is 33.0 Å². The van der Waals surface area contributed by atoms with E-state index >= 15 is 0 Å². The van der Waals surface area contributed by atoms with E-state index in [1.165, 1.54) is 16.9 Å². The first-order chi connectivity index (χ1) is 7.16. The van der Waals surface area contributed by atoms with Gasteiger partial charge in [-0.3, -0.25) is 4.79 Å². The van der Waals surface area contributed by atoms with Gasteiger partial charge in [0.15, 0.2) is 0 Å². The van der Waals surface area contributed by atoms with Crippen molar-refractivity contribution in [2.75, 3.05) is 0 Å². The van der Waals surface area contributed by atoms with Gasteiger partial charge in [0.2, 0.25) is 5.78 Å². The monoisotopic (exact) mass is 280 g/mol. The Hall–Kier alpha value is -0.930. The van der Waals surface area contributed by atoms with Crippen LogP contribution in [-0.2, 0) is 0 Å².